The van der Waals surface area contributed by atoms with E-state index in [0.717, 1.165) is 11.1 Å². The van der Waals surface area contributed by atoms with Crippen LogP contribution in [0.15, 0.2) is 42.5 Å². The van der Waals surface area contributed by atoms with Crippen molar-refractivity contribution < 1.29 is 29.0 Å². The van der Waals surface area contributed by atoms with Gasteiger partial charge in [-0.05, 0) is 74.9 Å². The Labute approximate surface area is 235 Å². The number of benzene rings is 2. The number of rotatable bonds is 9. The van der Waals surface area contributed by atoms with Crippen molar-refractivity contribution in [2.45, 2.75) is 71.2 Å². The van der Waals surface area contributed by atoms with Gasteiger partial charge in [0.1, 0.15) is 17.4 Å². The number of aryl methyl sites for hydroxylation is 2. The van der Waals surface area contributed by atoms with Gasteiger partial charge in [-0.3, -0.25) is 14.4 Å². The van der Waals surface area contributed by atoms with Gasteiger partial charge in [-0.15, -0.1) is 0 Å². The molecule has 1 spiro atoms. The van der Waals surface area contributed by atoms with E-state index < -0.39 is 35.6 Å². The molecule has 0 saturated carbocycles. The molecule has 2 bridgehead atoms. The second-order valence-corrected chi connectivity index (χ2v) is 11.5. The lowest BCUT2D eigenvalue weighted by Gasteiger charge is -2.38. The van der Waals surface area contributed by atoms with Gasteiger partial charge in [0.05, 0.1) is 37.2 Å². The van der Waals surface area contributed by atoms with Crippen molar-refractivity contribution in [3.63, 3.8) is 0 Å². The highest BCUT2D eigenvalue weighted by molar-refractivity contribution is 6.05. The zero-order valence-electron chi connectivity index (χ0n) is 23.8. The molecular formula is C31H39N3O6. The van der Waals surface area contributed by atoms with Crippen LogP contribution < -0.4 is 15.4 Å². The molecular weight excluding hydrogens is 510 g/mol. The Morgan fingerprint density at radius 2 is 1.77 bits per heavy atom. The average Bonchev–Trinajstić information content (AvgIpc) is 3.55. The maximum Gasteiger partial charge on any atom is 0.250 e. The number of carbonyl (C=O) groups is 3. The predicted octanol–water partition coefficient (Wildman–Crippen LogP) is 3.67. The highest BCUT2D eigenvalue weighted by Crippen LogP contribution is 2.59. The van der Waals surface area contributed by atoms with Gasteiger partial charge < -0.3 is 30.1 Å². The van der Waals surface area contributed by atoms with Gasteiger partial charge >= 0.3 is 0 Å². The molecule has 214 valence electrons. The van der Waals surface area contributed by atoms with E-state index in [9.17, 15) is 19.5 Å². The van der Waals surface area contributed by atoms with E-state index >= 15 is 0 Å². The summed E-state index contributed by atoms with van der Waals surface area (Å²) in [7, 11) is 0. The number of fused-ring (bicyclic) bond motifs is 1. The van der Waals surface area contributed by atoms with E-state index in [2.05, 4.69) is 10.6 Å². The van der Waals surface area contributed by atoms with Gasteiger partial charge in [0.15, 0.2) is 0 Å². The number of amides is 3. The summed E-state index contributed by atoms with van der Waals surface area (Å²) >= 11 is 0. The second kappa shape index (κ2) is 10.9. The van der Waals surface area contributed by atoms with Gasteiger partial charge in [0.2, 0.25) is 17.7 Å². The van der Waals surface area contributed by atoms with Gasteiger partial charge in [-0.2, -0.15) is 0 Å². The molecule has 2 aromatic rings. The summed E-state index contributed by atoms with van der Waals surface area (Å²) in [5.74, 6) is -1.98. The number of ether oxygens (including phenoxy) is 2. The fraction of sp³-hybridized carbons (Fsp3) is 0.516. The van der Waals surface area contributed by atoms with Crippen molar-refractivity contribution in [2.24, 2.45) is 17.8 Å². The fourth-order valence-corrected chi connectivity index (χ4v) is 6.90. The van der Waals surface area contributed by atoms with Crippen molar-refractivity contribution in [1.82, 2.24) is 4.90 Å². The Morgan fingerprint density at radius 1 is 1.10 bits per heavy atom. The zero-order valence-corrected chi connectivity index (χ0v) is 23.8. The molecule has 3 amide bonds. The zero-order chi connectivity index (χ0) is 28.8. The summed E-state index contributed by atoms with van der Waals surface area (Å²) in [6.45, 7) is 9.81. The van der Waals surface area contributed by atoms with Crippen molar-refractivity contribution in [2.75, 3.05) is 23.8 Å². The van der Waals surface area contributed by atoms with E-state index in [0.29, 0.717) is 36.6 Å². The Morgan fingerprint density at radius 3 is 2.38 bits per heavy atom. The van der Waals surface area contributed by atoms with Gasteiger partial charge in [-0.25, -0.2) is 0 Å². The lowest BCUT2D eigenvalue weighted by atomic mass is 9.70. The monoisotopic (exact) mass is 549 g/mol. The molecule has 3 N–H and O–H groups in total. The van der Waals surface area contributed by atoms with Crippen molar-refractivity contribution in [3.8, 4) is 5.75 Å². The number of aliphatic hydroxyl groups excluding tert-OH is 1. The van der Waals surface area contributed by atoms with Crippen LogP contribution in [-0.2, 0) is 19.1 Å². The maximum absolute atomic E-state index is 14.2. The molecule has 0 aliphatic carbocycles. The lowest BCUT2D eigenvalue weighted by Crippen LogP contribution is -2.57. The van der Waals surface area contributed by atoms with Crippen LogP contribution in [0.3, 0.4) is 0 Å². The molecule has 0 radical (unpaired) electrons. The van der Waals surface area contributed by atoms with E-state index in [1.807, 2.05) is 52.8 Å². The van der Waals surface area contributed by atoms with Crippen LogP contribution in [-0.4, -0.2) is 64.7 Å². The number of para-hydroxylation sites is 1. The molecule has 9 nitrogen and oxygen atoms in total. The van der Waals surface area contributed by atoms with Crippen molar-refractivity contribution in [1.29, 1.82) is 0 Å². The third kappa shape index (κ3) is 4.55. The molecule has 5 rings (SSSR count). The molecule has 40 heavy (non-hydrogen) atoms. The van der Waals surface area contributed by atoms with Gasteiger partial charge in [0, 0.05) is 11.4 Å². The SMILES string of the molecule is CCOc1ccc(NC(=O)[C@@H]2[C@@H]3CCC4(O3)C(C(=O)Nc3c(C)cccc3C)N([C@@H](CO)C(C)C)C(=O)[C@H]24)cc1. The summed E-state index contributed by atoms with van der Waals surface area (Å²) in [4.78, 5) is 43.5. The Bertz CT molecular complexity index is 1270. The smallest absolute Gasteiger partial charge is 0.250 e. The molecule has 9 heteroatoms. The van der Waals surface area contributed by atoms with Crippen LogP contribution in [0.25, 0.3) is 0 Å². The fourth-order valence-electron chi connectivity index (χ4n) is 6.90. The van der Waals surface area contributed by atoms with Crippen LogP contribution in [0.1, 0.15) is 44.7 Å². The van der Waals surface area contributed by atoms with E-state index in [1.165, 1.54) is 4.90 Å². The first-order chi connectivity index (χ1) is 19.1. The minimum atomic E-state index is -1.15. The molecule has 2 aromatic carbocycles. The number of likely N-dealkylation sites (tertiary alicyclic amines) is 1. The molecule has 3 aliphatic heterocycles. The number of hydrogen-bond acceptors (Lipinski definition) is 6. The van der Waals surface area contributed by atoms with E-state index in [4.69, 9.17) is 9.47 Å². The molecule has 3 aliphatic rings. The highest BCUT2D eigenvalue weighted by atomic mass is 16.5. The Balaban J connectivity index is 1.49. The number of nitrogens with one attached hydrogen (secondary N) is 2. The van der Waals surface area contributed by atoms with Crippen LogP contribution >= 0.6 is 0 Å². The third-order valence-electron chi connectivity index (χ3n) is 8.77. The quantitative estimate of drug-likeness (QED) is 0.440. The van der Waals surface area contributed by atoms with E-state index in [1.54, 1.807) is 24.3 Å². The number of nitrogens with zero attached hydrogens (tertiary/aromatic N) is 1. The lowest BCUT2D eigenvalue weighted by molar-refractivity contribution is -0.144. The van der Waals surface area contributed by atoms with Crippen LogP contribution in [0.5, 0.6) is 5.75 Å². The normalized spacial score (nSPS) is 27.6. The summed E-state index contributed by atoms with van der Waals surface area (Å²) in [5, 5.41) is 16.4. The molecule has 3 saturated heterocycles. The summed E-state index contributed by atoms with van der Waals surface area (Å²) < 4.78 is 12.0. The summed E-state index contributed by atoms with van der Waals surface area (Å²) in [6, 6.07) is 11.3. The Hall–Kier alpha value is -3.43. The minimum Gasteiger partial charge on any atom is -0.494 e. The molecule has 3 fully saturated rings. The van der Waals surface area contributed by atoms with Crippen molar-refractivity contribution >= 4 is 29.1 Å². The number of carbonyl (C=O) groups excluding carboxylic acids is 3. The van der Waals surface area contributed by atoms with Crippen LogP contribution in [0, 0.1) is 31.6 Å². The van der Waals surface area contributed by atoms with Gasteiger partial charge in [-0.1, -0.05) is 32.0 Å². The van der Waals surface area contributed by atoms with Crippen molar-refractivity contribution in [3.05, 3.63) is 53.6 Å². The minimum absolute atomic E-state index is 0.118. The predicted molar refractivity (Wildman–Crippen MR) is 151 cm³/mol. The number of aliphatic hydroxyl groups is 1. The molecule has 6 atom stereocenters. The summed E-state index contributed by atoms with van der Waals surface area (Å²) in [5.41, 5.74) is 1.95. The van der Waals surface area contributed by atoms with Crippen LogP contribution in [0.4, 0.5) is 11.4 Å². The topological polar surface area (TPSA) is 117 Å². The van der Waals surface area contributed by atoms with Gasteiger partial charge in [0.25, 0.3) is 0 Å². The molecule has 2 unspecified atom stereocenters. The molecule has 3 heterocycles. The first-order valence-electron chi connectivity index (χ1n) is 14.1. The Kier molecular flexibility index (Phi) is 7.63. The standard InChI is InChI=1S/C31H39N3O6/c1-6-39-21-12-10-20(11-13-21)32-28(36)24-23-14-15-31(40-23)25(24)30(38)34(22(16-35)17(2)3)27(31)29(37)33-26-18(4)8-7-9-19(26)5/h7-13,17,22-25,27,35H,6,14-16H2,1-5H3,(H,32,36)(H,33,37)/t22-,23-,24+,25-,27?,31?/m0/s1. The van der Waals surface area contributed by atoms with E-state index in [-0.39, 0.29) is 30.2 Å². The highest BCUT2D eigenvalue weighted by Gasteiger charge is 2.75. The summed E-state index contributed by atoms with van der Waals surface area (Å²) in [6.07, 6.45) is 0.580. The first-order valence-corrected chi connectivity index (χ1v) is 14.1. The maximum atomic E-state index is 14.2. The number of anilines is 2. The first kappa shape index (κ1) is 28.1. The number of hydrogen-bond donors (Lipinski definition) is 3. The second-order valence-electron chi connectivity index (χ2n) is 11.5. The average molecular weight is 550 g/mol. The molecule has 0 aromatic heterocycles. The van der Waals surface area contributed by atoms with Crippen LogP contribution in [0.2, 0.25) is 0 Å². The largest absolute Gasteiger partial charge is 0.494 e. The third-order valence-corrected chi connectivity index (χ3v) is 8.77.